The van der Waals surface area contributed by atoms with Crippen LogP contribution in [-0.2, 0) is 9.84 Å². The van der Waals surface area contributed by atoms with Gasteiger partial charge in [-0.2, -0.15) is 8.78 Å². The lowest BCUT2D eigenvalue weighted by Gasteiger charge is -2.25. The van der Waals surface area contributed by atoms with E-state index in [1.807, 2.05) is 0 Å². The first-order valence-corrected chi connectivity index (χ1v) is 7.79. The smallest absolute Gasteiger partial charge is 0.387 e. The summed E-state index contributed by atoms with van der Waals surface area (Å²) in [6.45, 7) is -2.90. The molecule has 0 aromatic heterocycles. The summed E-state index contributed by atoms with van der Waals surface area (Å²) in [5.41, 5.74) is 0.393. The fourth-order valence-corrected chi connectivity index (χ4v) is 3.78. The Bertz CT molecular complexity index is 534. The molecule has 4 nitrogen and oxygen atoms in total. The van der Waals surface area contributed by atoms with Crippen molar-refractivity contribution in [2.45, 2.75) is 25.5 Å². The van der Waals surface area contributed by atoms with E-state index in [4.69, 9.17) is 0 Å². The van der Waals surface area contributed by atoms with Crippen molar-refractivity contribution in [1.29, 1.82) is 0 Å². The molecule has 1 N–H and O–H groups in total. The molecule has 0 aliphatic carbocycles. The molecule has 0 bridgehead atoms. The number of anilines is 1. The van der Waals surface area contributed by atoms with Crippen molar-refractivity contribution in [3.63, 3.8) is 0 Å². The van der Waals surface area contributed by atoms with Gasteiger partial charge >= 0.3 is 6.61 Å². The first kappa shape index (κ1) is 14.0. The maximum atomic E-state index is 12.3. The highest BCUT2D eigenvalue weighted by molar-refractivity contribution is 7.91. The number of sulfone groups is 1. The van der Waals surface area contributed by atoms with Crippen LogP contribution in [0.25, 0.3) is 0 Å². The summed E-state index contributed by atoms with van der Waals surface area (Å²) in [6, 6.07) is 6.02. The molecule has 1 aliphatic rings. The SMILES string of the molecule is O=S1(=O)CCCC(Nc2ccccc2OC(F)F)C1. The van der Waals surface area contributed by atoms with Crippen LogP contribution in [-0.4, -0.2) is 32.6 Å². The van der Waals surface area contributed by atoms with Gasteiger partial charge in [-0.1, -0.05) is 12.1 Å². The first-order valence-electron chi connectivity index (χ1n) is 5.97. The van der Waals surface area contributed by atoms with Gasteiger partial charge in [0.1, 0.15) is 5.75 Å². The molecular formula is C12H15F2NO3S. The summed E-state index contributed by atoms with van der Waals surface area (Å²) in [5.74, 6) is 0.247. The van der Waals surface area contributed by atoms with E-state index in [0.717, 1.165) is 0 Å². The minimum Gasteiger partial charge on any atom is -0.433 e. The summed E-state index contributed by atoms with van der Waals surface area (Å²) >= 11 is 0. The van der Waals surface area contributed by atoms with E-state index in [2.05, 4.69) is 10.1 Å². The number of halogens is 2. The van der Waals surface area contributed by atoms with Crippen molar-refractivity contribution >= 4 is 15.5 Å². The Morgan fingerprint density at radius 1 is 1.32 bits per heavy atom. The second kappa shape index (κ2) is 5.73. The Morgan fingerprint density at radius 2 is 2.05 bits per heavy atom. The normalized spacial score (nSPS) is 22.2. The number of rotatable bonds is 4. The van der Waals surface area contributed by atoms with Crippen molar-refractivity contribution < 1.29 is 21.9 Å². The highest BCUT2D eigenvalue weighted by Gasteiger charge is 2.25. The Morgan fingerprint density at radius 3 is 2.74 bits per heavy atom. The van der Waals surface area contributed by atoms with Crippen LogP contribution in [0, 0.1) is 0 Å². The topological polar surface area (TPSA) is 55.4 Å². The van der Waals surface area contributed by atoms with Gasteiger partial charge in [-0.05, 0) is 25.0 Å². The number of para-hydroxylation sites is 2. The molecule has 7 heteroatoms. The third-order valence-corrected chi connectivity index (χ3v) is 4.75. The molecule has 1 saturated heterocycles. The zero-order chi connectivity index (χ0) is 13.9. The molecular weight excluding hydrogens is 276 g/mol. The first-order chi connectivity index (χ1) is 8.96. The molecule has 1 unspecified atom stereocenters. The highest BCUT2D eigenvalue weighted by Crippen LogP contribution is 2.27. The molecule has 19 heavy (non-hydrogen) atoms. The Labute approximate surface area is 110 Å². The second-order valence-corrected chi connectivity index (χ2v) is 6.70. The van der Waals surface area contributed by atoms with E-state index in [0.29, 0.717) is 18.5 Å². The largest absolute Gasteiger partial charge is 0.433 e. The standard InChI is InChI=1S/C12H15F2NO3S/c13-12(14)18-11-6-2-1-5-10(11)15-9-4-3-7-19(16,17)8-9/h1-2,5-6,9,12,15H,3-4,7-8H2. The molecule has 1 heterocycles. The molecule has 2 rings (SSSR count). The zero-order valence-corrected chi connectivity index (χ0v) is 11.0. The lowest BCUT2D eigenvalue weighted by molar-refractivity contribution is -0.0493. The number of hydrogen-bond acceptors (Lipinski definition) is 4. The average Bonchev–Trinajstić information content (AvgIpc) is 2.30. The molecule has 1 aromatic rings. The third kappa shape index (κ3) is 4.05. The zero-order valence-electron chi connectivity index (χ0n) is 10.2. The van der Waals surface area contributed by atoms with E-state index >= 15 is 0 Å². The minimum atomic E-state index is -3.04. The van der Waals surface area contributed by atoms with Crippen LogP contribution < -0.4 is 10.1 Å². The Kier molecular flexibility index (Phi) is 4.24. The lowest BCUT2D eigenvalue weighted by Crippen LogP contribution is -2.34. The Balaban J connectivity index is 2.10. The second-order valence-electron chi connectivity index (χ2n) is 4.47. The summed E-state index contributed by atoms with van der Waals surface area (Å²) in [5, 5.41) is 2.97. The molecule has 1 atom stereocenters. The van der Waals surface area contributed by atoms with E-state index in [9.17, 15) is 17.2 Å². The van der Waals surface area contributed by atoms with E-state index in [-0.39, 0.29) is 23.3 Å². The molecule has 0 amide bonds. The van der Waals surface area contributed by atoms with E-state index < -0.39 is 16.4 Å². The summed E-state index contributed by atoms with van der Waals surface area (Å²) in [7, 11) is -3.04. The predicted octanol–water partition coefficient (Wildman–Crippen LogP) is 2.28. The van der Waals surface area contributed by atoms with Gasteiger partial charge in [0, 0.05) is 6.04 Å². The number of alkyl halides is 2. The van der Waals surface area contributed by atoms with Crippen LogP contribution in [0.15, 0.2) is 24.3 Å². The van der Waals surface area contributed by atoms with Crippen LogP contribution in [0.3, 0.4) is 0 Å². The third-order valence-electron chi connectivity index (χ3n) is 2.93. The molecule has 1 aromatic carbocycles. The molecule has 0 saturated carbocycles. The van der Waals surface area contributed by atoms with Crippen molar-refractivity contribution in [2.75, 3.05) is 16.8 Å². The summed E-state index contributed by atoms with van der Waals surface area (Å²) in [6.07, 6.45) is 1.28. The van der Waals surface area contributed by atoms with Crippen molar-refractivity contribution in [2.24, 2.45) is 0 Å². The lowest BCUT2D eigenvalue weighted by atomic mass is 10.1. The fourth-order valence-electron chi connectivity index (χ4n) is 2.14. The van der Waals surface area contributed by atoms with Crippen LogP contribution >= 0.6 is 0 Å². The minimum absolute atomic E-state index is 0.0238. The fraction of sp³-hybridized carbons (Fsp3) is 0.500. The van der Waals surface area contributed by atoms with Gasteiger partial charge in [-0.3, -0.25) is 0 Å². The Hall–Kier alpha value is -1.37. The summed E-state index contributed by atoms with van der Waals surface area (Å²) in [4.78, 5) is 0. The van der Waals surface area contributed by atoms with Crippen molar-refractivity contribution in [3.8, 4) is 5.75 Å². The van der Waals surface area contributed by atoms with E-state index in [1.165, 1.54) is 6.07 Å². The van der Waals surface area contributed by atoms with Gasteiger partial charge in [-0.15, -0.1) is 0 Å². The monoisotopic (exact) mass is 291 g/mol. The van der Waals surface area contributed by atoms with Crippen molar-refractivity contribution in [3.05, 3.63) is 24.3 Å². The van der Waals surface area contributed by atoms with Gasteiger partial charge in [0.2, 0.25) is 0 Å². The number of ether oxygens (including phenoxy) is 1. The van der Waals surface area contributed by atoms with Gasteiger partial charge in [0.15, 0.2) is 9.84 Å². The summed E-state index contributed by atoms with van der Waals surface area (Å²) < 4.78 is 52.0. The average molecular weight is 291 g/mol. The number of benzene rings is 1. The van der Waals surface area contributed by atoms with Gasteiger partial charge < -0.3 is 10.1 Å². The van der Waals surface area contributed by atoms with Crippen LogP contribution in [0.2, 0.25) is 0 Å². The maximum Gasteiger partial charge on any atom is 0.387 e. The van der Waals surface area contributed by atoms with E-state index in [1.54, 1.807) is 18.2 Å². The quantitative estimate of drug-likeness (QED) is 0.924. The number of nitrogens with one attached hydrogen (secondary N) is 1. The maximum absolute atomic E-state index is 12.3. The van der Waals surface area contributed by atoms with Crippen molar-refractivity contribution in [1.82, 2.24) is 0 Å². The van der Waals surface area contributed by atoms with Crippen LogP contribution in [0.4, 0.5) is 14.5 Å². The van der Waals surface area contributed by atoms with Crippen LogP contribution in [0.5, 0.6) is 5.75 Å². The number of hydrogen-bond donors (Lipinski definition) is 1. The molecule has 1 fully saturated rings. The highest BCUT2D eigenvalue weighted by atomic mass is 32.2. The molecule has 1 aliphatic heterocycles. The van der Waals surface area contributed by atoms with Crippen LogP contribution in [0.1, 0.15) is 12.8 Å². The van der Waals surface area contributed by atoms with Gasteiger partial charge in [0.25, 0.3) is 0 Å². The van der Waals surface area contributed by atoms with Gasteiger partial charge in [-0.25, -0.2) is 8.42 Å². The van der Waals surface area contributed by atoms with Gasteiger partial charge in [0.05, 0.1) is 17.2 Å². The molecule has 0 spiro atoms. The molecule has 0 radical (unpaired) electrons. The molecule has 106 valence electrons. The predicted molar refractivity (Wildman–Crippen MR) is 68.4 cm³/mol.